The molecule has 0 atom stereocenters. The molecular weight excluding hydrogens is 328 g/mol. The molecule has 1 aromatic rings. The van der Waals surface area contributed by atoms with Gasteiger partial charge in [0.25, 0.3) is 5.91 Å². The second-order valence-corrected chi connectivity index (χ2v) is 7.43. The van der Waals surface area contributed by atoms with Gasteiger partial charge in [-0.3, -0.25) is 9.10 Å². The highest BCUT2D eigenvalue weighted by atomic mass is 35.5. The first-order chi connectivity index (χ1) is 10.5. The van der Waals surface area contributed by atoms with Gasteiger partial charge in [-0.05, 0) is 31.0 Å². The fourth-order valence-electron chi connectivity index (χ4n) is 2.28. The normalized spacial score (nSPS) is 17.3. The summed E-state index contributed by atoms with van der Waals surface area (Å²) < 4.78 is 30.4. The van der Waals surface area contributed by atoms with Crippen LogP contribution in [0.3, 0.4) is 0 Å². The zero-order valence-corrected chi connectivity index (χ0v) is 13.9. The standard InChI is InChI=1S/C14H19ClN2O4S/c1-21-8-6-16-14(18)12-5-4-11(10-13(12)15)17-7-2-3-9-22(17,19)20/h4-5,10H,2-3,6-9H2,1H3,(H,16,18). The lowest BCUT2D eigenvalue weighted by molar-refractivity contribution is 0.0937. The lowest BCUT2D eigenvalue weighted by Crippen LogP contribution is -2.37. The largest absolute Gasteiger partial charge is 0.383 e. The molecule has 1 saturated heterocycles. The van der Waals surface area contributed by atoms with Gasteiger partial charge >= 0.3 is 0 Å². The second kappa shape index (κ2) is 7.30. The van der Waals surface area contributed by atoms with Gasteiger partial charge in [0.2, 0.25) is 10.0 Å². The molecule has 1 aliphatic rings. The number of carbonyl (C=O) groups is 1. The van der Waals surface area contributed by atoms with Crippen molar-refractivity contribution in [3.63, 3.8) is 0 Å². The average molecular weight is 347 g/mol. The third-order valence-corrected chi connectivity index (χ3v) is 5.61. The Hall–Kier alpha value is -1.31. The molecule has 8 heteroatoms. The zero-order valence-electron chi connectivity index (χ0n) is 12.3. The quantitative estimate of drug-likeness (QED) is 0.822. The predicted octanol–water partition coefficient (Wildman–Crippen LogP) is 1.65. The first kappa shape index (κ1) is 17.1. The van der Waals surface area contributed by atoms with Crippen LogP contribution in [0.1, 0.15) is 23.2 Å². The maximum atomic E-state index is 12.1. The van der Waals surface area contributed by atoms with Gasteiger partial charge in [-0.15, -0.1) is 0 Å². The van der Waals surface area contributed by atoms with E-state index >= 15 is 0 Å². The number of methoxy groups -OCH3 is 1. The molecule has 22 heavy (non-hydrogen) atoms. The van der Waals surface area contributed by atoms with Gasteiger partial charge in [-0.2, -0.15) is 0 Å². The van der Waals surface area contributed by atoms with Crippen LogP contribution in [0.15, 0.2) is 18.2 Å². The van der Waals surface area contributed by atoms with E-state index in [4.69, 9.17) is 16.3 Å². The highest BCUT2D eigenvalue weighted by Gasteiger charge is 2.26. The monoisotopic (exact) mass is 346 g/mol. The van der Waals surface area contributed by atoms with Crippen LogP contribution in [0.5, 0.6) is 0 Å². The third-order valence-electron chi connectivity index (χ3n) is 3.43. The van der Waals surface area contributed by atoms with E-state index in [-0.39, 0.29) is 16.7 Å². The molecule has 0 unspecified atom stereocenters. The molecule has 0 saturated carbocycles. The average Bonchev–Trinajstić information content (AvgIpc) is 2.46. The fourth-order valence-corrected chi connectivity index (χ4v) is 4.18. The van der Waals surface area contributed by atoms with Crippen molar-refractivity contribution in [1.29, 1.82) is 0 Å². The van der Waals surface area contributed by atoms with Gasteiger partial charge in [0, 0.05) is 20.2 Å². The number of carbonyl (C=O) groups excluding carboxylic acids is 1. The Morgan fingerprint density at radius 2 is 2.18 bits per heavy atom. The van der Waals surface area contributed by atoms with E-state index in [1.165, 1.54) is 10.4 Å². The SMILES string of the molecule is COCCNC(=O)c1ccc(N2CCCCS2(=O)=O)cc1Cl. The fraction of sp³-hybridized carbons (Fsp3) is 0.500. The number of hydrogen-bond acceptors (Lipinski definition) is 4. The van der Waals surface area contributed by atoms with E-state index in [1.807, 2.05) is 0 Å². The number of hydrogen-bond donors (Lipinski definition) is 1. The Morgan fingerprint density at radius 3 is 2.82 bits per heavy atom. The van der Waals surface area contributed by atoms with Crippen LogP contribution in [0.25, 0.3) is 0 Å². The van der Waals surface area contributed by atoms with Crippen molar-refractivity contribution in [3.8, 4) is 0 Å². The lowest BCUT2D eigenvalue weighted by atomic mass is 10.2. The van der Waals surface area contributed by atoms with Gasteiger partial charge < -0.3 is 10.1 Å². The van der Waals surface area contributed by atoms with Crippen LogP contribution in [-0.4, -0.2) is 46.9 Å². The maximum absolute atomic E-state index is 12.1. The van der Waals surface area contributed by atoms with Crippen molar-refractivity contribution in [2.45, 2.75) is 12.8 Å². The molecule has 0 radical (unpaired) electrons. The predicted molar refractivity (Wildman–Crippen MR) is 86.0 cm³/mol. The molecule has 1 N–H and O–H groups in total. The van der Waals surface area contributed by atoms with Crippen LogP contribution in [-0.2, 0) is 14.8 Å². The third kappa shape index (κ3) is 3.91. The van der Waals surface area contributed by atoms with Gasteiger partial charge in [0.15, 0.2) is 0 Å². The zero-order chi connectivity index (χ0) is 16.2. The van der Waals surface area contributed by atoms with E-state index in [0.29, 0.717) is 37.4 Å². The van der Waals surface area contributed by atoms with E-state index in [9.17, 15) is 13.2 Å². The number of halogens is 1. The Bertz CT molecular complexity index is 648. The molecule has 1 aromatic carbocycles. The number of sulfonamides is 1. The first-order valence-electron chi connectivity index (χ1n) is 7.03. The van der Waals surface area contributed by atoms with Crippen molar-refractivity contribution >= 4 is 33.2 Å². The number of benzene rings is 1. The Labute approximate surface area is 135 Å². The molecule has 0 aliphatic carbocycles. The smallest absolute Gasteiger partial charge is 0.252 e. The highest BCUT2D eigenvalue weighted by molar-refractivity contribution is 7.92. The maximum Gasteiger partial charge on any atom is 0.252 e. The van der Waals surface area contributed by atoms with Crippen molar-refractivity contribution in [2.24, 2.45) is 0 Å². The summed E-state index contributed by atoms with van der Waals surface area (Å²) in [6.07, 6.45) is 1.49. The van der Waals surface area contributed by atoms with Crippen LogP contribution >= 0.6 is 11.6 Å². The molecule has 2 rings (SSSR count). The van der Waals surface area contributed by atoms with Crippen LogP contribution < -0.4 is 9.62 Å². The lowest BCUT2D eigenvalue weighted by Gasteiger charge is -2.28. The summed E-state index contributed by atoms with van der Waals surface area (Å²) in [6.45, 7) is 1.24. The second-order valence-electron chi connectivity index (χ2n) is 5.01. The minimum atomic E-state index is -3.29. The van der Waals surface area contributed by atoms with E-state index in [2.05, 4.69) is 5.32 Å². The van der Waals surface area contributed by atoms with Crippen molar-refractivity contribution < 1.29 is 17.9 Å². The van der Waals surface area contributed by atoms with Crippen LogP contribution in [0.2, 0.25) is 5.02 Å². The number of nitrogens with one attached hydrogen (secondary N) is 1. The molecule has 6 nitrogen and oxygen atoms in total. The number of nitrogens with zero attached hydrogens (tertiary/aromatic N) is 1. The topological polar surface area (TPSA) is 75.7 Å². The van der Waals surface area contributed by atoms with Gasteiger partial charge in [-0.1, -0.05) is 11.6 Å². The molecule has 0 bridgehead atoms. The number of rotatable bonds is 5. The number of ether oxygens (including phenoxy) is 1. The molecule has 1 heterocycles. The summed E-state index contributed by atoms with van der Waals surface area (Å²) in [6, 6.07) is 4.68. The van der Waals surface area contributed by atoms with Crippen LogP contribution in [0.4, 0.5) is 5.69 Å². The Balaban J connectivity index is 2.17. The molecule has 122 valence electrons. The summed E-state index contributed by atoms with van der Waals surface area (Å²) in [4.78, 5) is 12.0. The van der Waals surface area contributed by atoms with E-state index in [1.54, 1.807) is 19.2 Å². The van der Waals surface area contributed by atoms with Crippen LogP contribution in [0, 0.1) is 0 Å². The summed E-state index contributed by atoms with van der Waals surface area (Å²) >= 11 is 6.14. The van der Waals surface area contributed by atoms with Gasteiger partial charge in [-0.25, -0.2) is 8.42 Å². The van der Waals surface area contributed by atoms with E-state index in [0.717, 1.165) is 6.42 Å². The van der Waals surface area contributed by atoms with Gasteiger partial charge in [0.05, 0.1) is 28.6 Å². The Morgan fingerprint density at radius 1 is 1.41 bits per heavy atom. The Kier molecular flexibility index (Phi) is 5.66. The first-order valence-corrected chi connectivity index (χ1v) is 9.01. The molecule has 0 spiro atoms. The molecule has 0 aromatic heterocycles. The molecule has 1 amide bonds. The van der Waals surface area contributed by atoms with Crippen molar-refractivity contribution in [2.75, 3.05) is 36.9 Å². The molecule has 1 aliphatic heterocycles. The molecule has 1 fully saturated rings. The van der Waals surface area contributed by atoms with E-state index < -0.39 is 10.0 Å². The summed E-state index contributed by atoms with van der Waals surface area (Å²) in [5, 5.41) is 2.91. The minimum Gasteiger partial charge on any atom is -0.383 e. The highest BCUT2D eigenvalue weighted by Crippen LogP contribution is 2.28. The van der Waals surface area contributed by atoms with Gasteiger partial charge in [0.1, 0.15) is 0 Å². The minimum absolute atomic E-state index is 0.143. The van der Waals surface area contributed by atoms with Crippen molar-refractivity contribution in [1.82, 2.24) is 5.32 Å². The molecular formula is C14H19ClN2O4S. The van der Waals surface area contributed by atoms with Crippen molar-refractivity contribution in [3.05, 3.63) is 28.8 Å². The summed E-state index contributed by atoms with van der Waals surface area (Å²) in [5.74, 6) is -0.167. The summed E-state index contributed by atoms with van der Waals surface area (Å²) in [7, 11) is -1.74. The number of amides is 1. The number of anilines is 1. The summed E-state index contributed by atoms with van der Waals surface area (Å²) in [5.41, 5.74) is 0.814.